The topological polar surface area (TPSA) is 131 Å². The van der Waals surface area contributed by atoms with Crippen LogP contribution in [-0.4, -0.2) is 41.5 Å². The van der Waals surface area contributed by atoms with Crippen LogP contribution >= 0.6 is 11.8 Å². The minimum absolute atomic E-state index is 0.100. The second-order valence-electron chi connectivity index (χ2n) is 9.59. The van der Waals surface area contributed by atoms with E-state index < -0.39 is 0 Å². The van der Waals surface area contributed by atoms with E-state index in [0.29, 0.717) is 48.9 Å². The van der Waals surface area contributed by atoms with Crippen molar-refractivity contribution in [1.82, 2.24) is 20.6 Å². The van der Waals surface area contributed by atoms with E-state index in [-0.39, 0.29) is 17.1 Å². The van der Waals surface area contributed by atoms with Crippen molar-refractivity contribution in [2.75, 3.05) is 25.1 Å². The van der Waals surface area contributed by atoms with Crippen molar-refractivity contribution in [3.05, 3.63) is 120 Å². The number of nitrogen functional groups attached to an aromatic ring is 1. The van der Waals surface area contributed by atoms with Gasteiger partial charge < -0.3 is 20.8 Å². The molecule has 43 heavy (non-hydrogen) atoms. The highest BCUT2D eigenvalue weighted by Crippen LogP contribution is 2.35. The van der Waals surface area contributed by atoms with Crippen LogP contribution in [0.15, 0.2) is 102 Å². The summed E-state index contributed by atoms with van der Waals surface area (Å²) in [6.45, 7) is 3.40. The highest BCUT2D eigenvalue weighted by atomic mass is 32.2. The van der Waals surface area contributed by atoms with Gasteiger partial charge in [0.2, 0.25) is 5.91 Å². The summed E-state index contributed by atoms with van der Waals surface area (Å²) in [4.78, 5) is 34.9. The molecule has 1 unspecified atom stereocenters. The minimum Gasteiger partial charge on any atom is -0.491 e. The zero-order valence-electron chi connectivity index (χ0n) is 24.0. The third-order valence-electron chi connectivity index (χ3n) is 6.38. The van der Waals surface area contributed by atoms with Crippen LogP contribution in [-0.2, 0) is 11.2 Å². The molecule has 0 bridgehead atoms. The lowest BCUT2D eigenvalue weighted by Crippen LogP contribution is -2.29. The minimum atomic E-state index is -0.255. The predicted molar refractivity (Wildman–Crippen MR) is 172 cm³/mol. The molecule has 0 saturated heterocycles. The van der Waals surface area contributed by atoms with Crippen molar-refractivity contribution in [2.45, 2.75) is 29.9 Å². The molecule has 222 valence electrons. The van der Waals surface area contributed by atoms with Crippen LogP contribution in [0.2, 0.25) is 0 Å². The lowest BCUT2D eigenvalue weighted by Gasteiger charge is -2.14. The van der Waals surface area contributed by atoms with E-state index in [4.69, 9.17) is 15.6 Å². The number of hydrogen-bond donors (Lipinski definition) is 4. The smallest absolute Gasteiger partial charge is 0.252 e. The Bertz CT molecular complexity index is 1480. The SMILES string of the molecule is CC(Sc1ccccc1)c1ccc(OCCc2ccccc2)c(C=CC(=O)NCCCNC(=O)c2ccc(NN)nc2)n1. The maximum absolute atomic E-state index is 12.6. The van der Waals surface area contributed by atoms with Crippen molar-refractivity contribution in [3.8, 4) is 5.75 Å². The number of benzene rings is 2. The maximum atomic E-state index is 12.6. The van der Waals surface area contributed by atoms with Gasteiger partial charge in [-0.05, 0) is 61.4 Å². The van der Waals surface area contributed by atoms with Gasteiger partial charge in [0.15, 0.2) is 0 Å². The number of hydrogen-bond acceptors (Lipinski definition) is 8. The average Bonchev–Trinajstić information content (AvgIpc) is 3.05. The van der Waals surface area contributed by atoms with Crippen LogP contribution in [0.3, 0.4) is 0 Å². The van der Waals surface area contributed by atoms with Crippen molar-refractivity contribution in [2.24, 2.45) is 5.84 Å². The Hall–Kier alpha value is -4.67. The molecule has 0 aliphatic carbocycles. The van der Waals surface area contributed by atoms with Crippen LogP contribution in [0.25, 0.3) is 6.08 Å². The molecule has 5 N–H and O–H groups in total. The standard InChI is InChI=1S/C33H36N6O3S/c1-24(43-27-11-6-3-7-12-27)28-14-16-30(42-22-19-25-9-4-2-5-10-25)29(38-28)15-18-32(40)35-20-8-21-36-33(41)26-13-17-31(39-34)37-23-26/h2-7,9-18,23-24H,8,19-22,34H2,1H3,(H,35,40)(H,36,41)(H,37,39). The molecule has 0 spiro atoms. The molecule has 2 heterocycles. The molecule has 1 atom stereocenters. The first kappa shape index (κ1) is 31.3. The molecular formula is C33H36N6O3S. The zero-order chi connectivity index (χ0) is 30.3. The van der Waals surface area contributed by atoms with Crippen LogP contribution in [0.5, 0.6) is 5.75 Å². The number of pyridine rings is 2. The van der Waals surface area contributed by atoms with Gasteiger partial charge in [-0.15, -0.1) is 11.8 Å². The summed E-state index contributed by atoms with van der Waals surface area (Å²) >= 11 is 1.72. The largest absolute Gasteiger partial charge is 0.491 e. The normalized spacial score (nSPS) is 11.6. The summed E-state index contributed by atoms with van der Waals surface area (Å²) in [5.41, 5.74) is 5.52. The number of aromatic nitrogens is 2. The molecule has 0 radical (unpaired) electrons. The lowest BCUT2D eigenvalue weighted by atomic mass is 10.2. The first-order valence-corrected chi connectivity index (χ1v) is 15.0. The fraction of sp³-hybridized carbons (Fsp3) is 0.212. The summed E-state index contributed by atoms with van der Waals surface area (Å²) in [5.74, 6) is 5.89. The number of thioether (sulfide) groups is 1. The van der Waals surface area contributed by atoms with Crippen molar-refractivity contribution in [1.29, 1.82) is 0 Å². The Morgan fingerprint density at radius 2 is 1.70 bits per heavy atom. The van der Waals surface area contributed by atoms with E-state index in [0.717, 1.165) is 17.0 Å². The summed E-state index contributed by atoms with van der Waals surface area (Å²) in [7, 11) is 0. The van der Waals surface area contributed by atoms with Crippen LogP contribution in [0.1, 0.15) is 45.9 Å². The van der Waals surface area contributed by atoms with Crippen molar-refractivity contribution < 1.29 is 14.3 Å². The molecule has 2 aromatic carbocycles. The number of hydrazine groups is 1. The number of carbonyl (C=O) groups is 2. The monoisotopic (exact) mass is 596 g/mol. The number of anilines is 1. The molecular weight excluding hydrogens is 560 g/mol. The molecule has 9 nitrogen and oxygen atoms in total. The second kappa shape index (κ2) is 16.7. The molecule has 0 aliphatic rings. The first-order valence-electron chi connectivity index (χ1n) is 14.1. The number of nitrogens with two attached hydrogens (primary N) is 1. The fourth-order valence-electron chi connectivity index (χ4n) is 4.06. The molecule has 10 heteroatoms. The van der Waals surface area contributed by atoms with E-state index in [1.54, 1.807) is 30.0 Å². The van der Waals surface area contributed by atoms with Gasteiger partial charge in [0.1, 0.15) is 17.3 Å². The number of nitrogens with zero attached hydrogens (tertiary/aromatic N) is 2. The van der Waals surface area contributed by atoms with E-state index >= 15 is 0 Å². The summed E-state index contributed by atoms with van der Waals surface area (Å²) in [6.07, 6.45) is 5.92. The Kier molecular flexibility index (Phi) is 12.1. The van der Waals surface area contributed by atoms with Gasteiger partial charge in [0, 0.05) is 41.9 Å². The second-order valence-corrected chi connectivity index (χ2v) is 11.0. The molecule has 4 aromatic rings. The third kappa shape index (κ3) is 10.3. The number of nitrogens with one attached hydrogen (secondary N) is 3. The Balaban J connectivity index is 1.32. The average molecular weight is 597 g/mol. The van der Waals surface area contributed by atoms with Crippen LogP contribution in [0, 0.1) is 0 Å². The van der Waals surface area contributed by atoms with E-state index in [1.807, 2.05) is 48.5 Å². The van der Waals surface area contributed by atoms with E-state index in [1.165, 1.54) is 17.8 Å². The number of carbonyl (C=O) groups excluding carboxylic acids is 2. The van der Waals surface area contributed by atoms with Gasteiger partial charge >= 0.3 is 0 Å². The quantitative estimate of drug-likeness (QED) is 0.0485. The van der Waals surface area contributed by atoms with Crippen LogP contribution < -0.4 is 26.6 Å². The Labute approximate surface area is 256 Å². The van der Waals surface area contributed by atoms with Gasteiger partial charge in [-0.1, -0.05) is 48.5 Å². The lowest BCUT2D eigenvalue weighted by molar-refractivity contribution is -0.116. The molecule has 4 rings (SSSR count). The molecule has 2 aromatic heterocycles. The van der Waals surface area contributed by atoms with Gasteiger partial charge in [0.25, 0.3) is 5.91 Å². The number of amides is 2. The van der Waals surface area contributed by atoms with Gasteiger partial charge in [-0.2, -0.15) is 0 Å². The Morgan fingerprint density at radius 3 is 2.42 bits per heavy atom. The molecule has 0 aliphatic heterocycles. The van der Waals surface area contributed by atoms with Crippen molar-refractivity contribution >= 4 is 35.5 Å². The predicted octanol–water partition coefficient (Wildman–Crippen LogP) is 5.19. The zero-order valence-corrected chi connectivity index (χ0v) is 24.8. The Morgan fingerprint density at radius 1 is 0.953 bits per heavy atom. The summed E-state index contributed by atoms with van der Waals surface area (Å²) in [5, 5.41) is 5.76. The van der Waals surface area contributed by atoms with Crippen molar-refractivity contribution in [3.63, 3.8) is 0 Å². The summed E-state index contributed by atoms with van der Waals surface area (Å²) < 4.78 is 6.10. The molecule has 0 fully saturated rings. The van der Waals surface area contributed by atoms with Gasteiger partial charge in [0.05, 0.1) is 17.9 Å². The highest BCUT2D eigenvalue weighted by Gasteiger charge is 2.13. The van der Waals surface area contributed by atoms with Gasteiger partial charge in [-0.25, -0.2) is 15.8 Å². The highest BCUT2D eigenvalue weighted by molar-refractivity contribution is 7.99. The maximum Gasteiger partial charge on any atom is 0.252 e. The molecule has 2 amide bonds. The fourth-order valence-corrected chi connectivity index (χ4v) is 5.04. The first-order chi connectivity index (χ1) is 21.0. The molecule has 0 saturated carbocycles. The van der Waals surface area contributed by atoms with E-state index in [9.17, 15) is 9.59 Å². The number of ether oxygens (including phenoxy) is 1. The number of rotatable bonds is 15. The van der Waals surface area contributed by atoms with Crippen LogP contribution in [0.4, 0.5) is 5.82 Å². The summed E-state index contributed by atoms with van der Waals surface area (Å²) in [6, 6.07) is 27.5. The third-order valence-corrected chi connectivity index (χ3v) is 7.52. The van der Waals surface area contributed by atoms with Gasteiger partial charge in [-0.3, -0.25) is 9.59 Å². The van der Waals surface area contributed by atoms with E-state index in [2.05, 4.69) is 52.2 Å².